The van der Waals surface area contributed by atoms with Crippen LogP contribution in [0.1, 0.15) is 24.1 Å². The number of carbonyl (C=O) groups excluding carboxylic acids is 2. The second-order valence-electron chi connectivity index (χ2n) is 8.84. The highest BCUT2D eigenvalue weighted by atomic mass is 16.5. The van der Waals surface area contributed by atoms with Crippen molar-refractivity contribution in [2.75, 3.05) is 30.5 Å². The number of fused-ring (bicyclic) bond motifs is 3. The molecule has 3 aromatic carbocycles. The number of benzene rings is 3. The van der Waals surface area contributed by atoms with Crippen LogP contribution < -0.4 is 9.80 Å². The van der Waals surface area contributed by atoms with Crippen molar-refractivity contribution in [3.63, 3.8) is 0 Å². The van der Waals surface area contributed by atoms with Gasteiger partial charge in [-0.15, -0.1) is 0 Å². The third-order valence-corrected chi connectivity index (χ3v) is 6.42. The Bertz CT molecular complexity index is 1360. The Morgan fingerprint density at radius 1 is 0.971 bits per heavy atom. The molecule has 0 radical (unpaired) electrons. The van der Waals surface area contributed by atoms with Crippen molar-refractivity contribution in [2.24, 2.45) is 5.92 Å². The highest BCUT2D eigenvalue weighted by molar-refractivity contribution is 6.08. The van der Waals surface area contributed by atoms with E-state index in [0.29, 0.717) is 12.5 Å². The van der Waals surface area contributed by atoms with E-state index in [4.69, 9.17) is 9.72 Å². The average molecular weight is 469 g/mol. The number of imidazole rings is 1. The van der Waals surface area contributed by atoms with E-state index in [2.05, 4.69) is 0 Å². The Morgan fingerprint density at radius 2 is 1.66 bits per heavy atom. The van der Waals surface area contributed by atoms with Crippen molar-refractivity contribution >= 4 is 34.5 Å². The van der Waals surface area contributed by atoms with E-state index >= 15 is 0 Å². The molecule has 178 valence electrons. The van der Waals surface area contributed by atoms with Crippen LogP contribution in [0.2, 0.25) is 0 Å². The van der Waals surface area contributed by atoms with Crippen LogP contribution >= 0.6 is 0 Å². The van der Waals surface area contributed by atoms with Crippen molar-refractivity contribution in [3.8, 4) is 0 Å². The molecule has 0 fully saturated rings. The van der Waals surface area contributed by atoms with Gasteiger partial charge in [0.15, 0.2) is 5.92 Å². The molecule has 0 spiro atoms. The maximum Gasteiger partial charge on any atom is 0.321 e. The van der Waals surface area contributed by atoms with Crippen molar-refractivity contribution in [1.29, 1.82) is 0 Å². The molecule has 7 nitrogen and oxygen atoms in total. The van der Waals surface area contributed by atoms with Crippen LogP contribution in [0, 0.1) is 5.92 Å². The van der Waals surface area contributed by atoms with Gasteiger partial charge in [0, 0.05) is 19.8 Å². The van der Waals surface area contributed by atoms with Gasteiger partial charge in [0.2, 0.25) is 11.9 Å². The zero-order valence-electron chi connectivity index (χ0n) is 20.1. The SMILES string of the molecule is CCOC(=O)[C@H]1C(=O)N(Cc2ccccc2)c2nc3ccccc3n2[C@@H]1c1ccc(N(C)C)cc1. The standard InChI is InChI=1S/C28H28N4O3/c1-4-35-27(34)24-25(20-14-16-21(17-15-20)30(2)3)32-23-13-9-8-12-22(23)29-28(32)31(26(24)33)18-19-10-6-5-7-11-19/h5-17,24-25H,4,18H2,1-3H3/t24-,25-/m1/s1. The van der Waals surface area contributed by atoms with Gasteiger partial charge >= 0.3 is 5.97 Å². The Morgan fingerprint density at radius 3 is 2.34 bits per heavy atom. The molecule has 2 atom stereocenters. The van der Waals surface area contributed by atoms with E-state index in [1.54, 1.807) is 11.8 Å². The number of anilines is 2. The summed E-state index contributed by atoms with van der Waals surface area (Å²) in [7, 11) is 3.95. The van der Waals surface area contributed by atoms with Crippen LogP contribution in [0.3, 0.4) is 0 Å². The lowest BCUT2D eigenvalue weighted by Gasteiger charge is -2.38. The Balaban J connectivity index is 1.72. The van der Waals surface area contributed by atoms with E-state index in [0.717, 1.165) is 27.8 Å². The normalized spacial score (nSPS) is 17.3. The van der Waals surface area contributed by atoms with Gasteiger partial charge in [0.05, 0.1) is 30.2 Å². The number of carbonyl (C=O) groups is 2. The zero-order chi connectivity index (χ0) is 24.5. The number of ether oxygens (including phenoxy) is 1. The van der Waals surface area contributed by atoms with Gasteiger partial charge in [-0.1, -0.05) is 54.6 Å². The average Bonchev–Trinajstić information content (AvgIpc) is 3.25. The molecule has 1 aliphatic heterocycles. The molecule has 1 aromatic heterocycles. The Labute approximate surface area is 204 Å². The maximum absolute atomic E-state index is 14.0. The van der Waals surface area contributed by atoms with Gasteiger partial charge in [-0.3, -0.25) is 14.5 Å². The Kier molecular flexibility index (Phi) is 5.99. The molecule has 2 heterocycles. The first-order chi connectivity index (χ1) is 17.0. The molecular weight excluding hydrogens is 440 g/mol. The van der Waals surface area contributed by atoms with Crippen molar-refractivity contribution in [1.82, 2.24) is 9.55 Å². The summed E-state index contributed by atoms with van der Waals surface area (Å²) >= 11 is 0. The molecule has 0 saturated carbocycles. The van der Waals surface area contributed by atoms with Crippen LogP contribution in [0.25, 0.3) is 11.0 Å². The fraction of sp³-hybridized carbons (Fsp3) is 0.250. The fourth-order valence-electron chi connectivity index (χ4n) is 4.73. The largest absolute Gasteiger partial charge is 0.465 e. The van der Waals surface area contributed by atoms with Gasteiger partial charge in [-0.05, 0) is 42.3 Å². The minimum atomic E-state index is -1.03. The number of aromatic nitrogens is 2. The topological polar surface area (TPSA) is 67.7 Å². The quantitative estimate of drug-likeness (QED) is 0.310. The molecule has 0 bridgehead atoms. The van der Waals surface area contributed by atoms with Crippen LogP contribution in [-0.2, 0) is 20.9 Å². The molecule has 4 aromatic rings. The van der Waals surface area contributed by atoms with Crippen LogP contribution in [0.4, 0.5) is 11.6 Å². The third-order valence-electron chi connectivity index (χ3n) is 6.42. The molecular formula is C28H28N4O3. The van der Waals surface area contributed by atoms with Crippen molar-refractivity contribution in [2.45, 2.75) is 19.5 Å². The molecule has 1 amide bonds. The van der Waals surface area contributed by atoms with Gasteiger partial charge in [0.1, 0.15) is 0 Å². The lowest BCUT2D eigenvalue weighted by molar-refractivity contribution is -0.153. The highest BCUT2D eigenvalue weighted by Gasteiger charge is 2.47. The highest BCUT2D eigenvalue weighted by Crippen LogP contribution is 2.42. The number of amides is 1. The minimum absolute atomic E-state index is 0.200. The molecule has 0 N–H and O–H groups in total. The fourth-order valence-corrected chi connectivity index (χ4v) is 4.73. The molecule has 1 aliphatic rings. The zero-order valence-corrected chi connectivity index (χ0v) is 20.1. The number of hydrogen-bond donors (Lipinski definition) is 0. The number of para-hydroxylation sites is 2. The van der Waals surface area contributed by atoms with E-state index < -0.39 is 17.9 Å². The summed E-state index contributed by atoms with van der Waals surface area (Å²) in [4.78, 5) is 35.8. The van der Waals surface area contributed by atoms with Crippen molar-refractivity contribution in [3.05, 3.63) is 90.0 Å². The maximum atomic E-state index is 14.0. The van der Waals surface area contributed by atoms with Gasteiger partial charge < -0.3 is 14.2 Å². The molecule has 0 saturated heterocycles. The van der Waals surface area contributed by atoms with E-state index in [1.807, 2.05) is 102 Å². The van der Waals surface area contributed by atoms with Gasteiger partial charge in [-0.2, -0.15) is 0 Å². The summed E-state index contributed by atoms with van der Waals surface area (Å²) in [5, 5.41) is 0. The molecule has 5 rings (SSSR count). The lowest BCUT2D eigenvalue weighted by atomic mass is 9.89. The molecule has 35 heavy (non-hydrogen) atoms. The smallest absolute Gasteiger partial charge is 0.321 e. The molecule has 0 unspecified atom stereocenters. The number of hydrogen-bond acceptors (Lipinski definition) is 5. The monoisotopic (exact) mass is 468 g/mol. The summed E-state index contributed by atoms with van der Waals surface area (Å²) < 4.78 is 7.46. The van der Waals surface area contributed by atoms with Crippen LogP contribution in [0.15, 0.2) is 78.9 Å². The minimum Gasteiger partial charge on any atom is -0.465 e. The number of esters is 1. The first-order valence-corrected chi connectivity index (χ1v) is 11.8. The predicted molar refractivity (Wildman–Crippen MR) is 136 cm³/mol. The summed E-state index contributed by atoms with van der Waals surface area (Å²) in [5.41, 5.74) is 4.48. The van der Waals surface area contributed by atoms with E-state index in [-0.39, 0.29) is 12.5 Å². The van der Waals surface area contributed by atoms with E-state index in [1.165, 1.54) is 0 Å². The van der Waals surface area contributed by atoms with Crippen LogP contribution in [-0.4, -0.2) is 42.1 Å². The summed E-state index contributed by atoms with van der Waals surface area (Å²) in [6.45, 7) is 2.27. The lowest BCUT2D eigenvalue weighted by Crippen LogP contribution is -2.49. The van der Waals surface area contributed by atoms with Gasteiger partial charge in [-0.25, -0.2) is 4.98 Å². The van der Waals surface area contributed by atoms with Crippen LogP contribution in [0.5, 0.6) is 0 Å². The van der Waals surface area contributed by atoms with Crippen molar-refractivity contribution < 1.29 is 14.3 Å². The summed E-state index contributed by atoms with van der Waals surface area (Å²) in [6, 6.07) is 24.9. The predicted octanol–water partition coefficient (Wildman–Crippen LogP) is 4.42. The van der Waals surface area contributed by atoms with E-state index in [9.17, 15) is 9.59 Å². The first-order valence-electron chi connectivity index (χ1n) is 11.8. The third kappa shape index (κ3) is 4.03. The first kappa shape index (κ1) is 22.7. The molecule has 7 heteroatoms. The second kappa shape index (κ2) is 9.25. The molecule has 0 aliphatic carbocycles. The Hall–Kier alpha value is -4.13. The summed E-state index contributed by atoms with van der Waals surface area (Å²) in [6.07, 6.45) is 0. The number of nitrogens with zero attached hydrogens (tertiary/aromatic N) is 4. The number of rotatable bonds is 6. The second-order valence-corrected chi connectivity index (χ2v) is 8.84. The summed E-state index contributed by atoms with van der Waals surface area (Å²) in [5.74, 6) is -1.34. The van der Waals surface area contributed by atoms with Gasteiger partial charge in [0.25, 0.3) is 0 Å².